The molecule has 0 aliphatic carbocycles. The van der Waals surface area contributed by atoms with E-state index >= 15 is 0 Å². The number of alkyl halides is 4. The van der Waals surface area contributed by atoms with E-state index in [2.05, 4.69) is 219 Å². The quantitative estimate of drug-likeness (QED) is 0.149. The topological polar surface area (TPSA) is 57.4 Å². The molecule has 0 amide bonds. The van der Waals surface area contributed by atoms with Gasteiger partial charge < -0.3 is 9.97 Å². The number of fused-ring (bicyclic) bond motifs is 8. The Morgan fingerprint density at radius 2 is 0.554 bits per heavy atom. The lowest BCUT2D eigenvalue weighted by atomic mass is 9.99. The minimum absolute atomic E-state index is 0.711. The van der Waals surface area contributed by atoms with Crippen LogP contribution in [0.4, 0.5) is 0 Å². The molecular formula is C48H34Br4N4. The number of halogens is 4. The van der Waals surface area contributed by atoms with Crippen molar-refractivity contribution in [1.29, 1.82) is 0 Å². The molecule has 0 spiro atoms. The van der Waals surface area contributed by atoms with E-state index in [9.17, 15) is 0 Å². The zero-order valence-electron chi connectivity index (χ0n) is 30.1. The van der Waals surface area contributed by atoms with Crippen LogP contribution >= 0.6 is 63.7 Å². The summed E-state index contributed by atoms with van der Waals surface area (Å²) in [6.45, 7) is 0. The Morgan fingerprint density at radius 1 is 0.321 bits per heavy atom. The Kier molecular flexibility index (Phi) is 10.6. The lowest BCUT2D eigenvalue weighted by Gasteiger charge is -2.11. The number of nitrogens with one attached hydrogen (secondary N) is 2. The number of nitrogens with zero attached hydrogens (tertiary/aromatic N) is 2. The molecule has 56 heavy (non-hydrogen) atoms. The maximum atomic E-state index is 5.51. The van der Waals surface area contributed by atoms with Crippen LogP contribution in [-0.4, -0.2) is 19.9 Å². The van der Waals surface area contributed by atoms with Crippen molar-refractivity contribution >= 4 is 110 Å². The first kappa shape index (κ1) is 37.0. The van der Waals surface area contributed by atoms with Crippen molar-refractivity contribution in [3.8, 4) is 44.5 Å². The summed E-state index contributed by atoms with van der Waals surface area (Å²) in [5, 5.41) is 2.84. The molecule has 0 saturated heterocycles. The molecule has 3 aromatic heterocycles. The van der Waals surface area contributed by atoms with Crippen LogP contribution in [0.3, 0.4) is 0 Å². The van der Waals surface area contributed by atoms with Gasteiger partial charge in [-0.2, -0.15) is 0 Å². The van der Waals surface area contributed by atoms with Gasteiger partial charge in [0.05, 0.1) is 22.8 Å². The zero-order chi connectivity index (χ0) is 38.2. The lowest BCUT2D eigenvalue weighted by Crippen LogP contribution is -1.93. The molecule has 2 N–H and O–H groups in total. The number of hydrogen-bond donors (Lipinski definition) is 2. The summed E-state index contributed by atoms with van der Waals surface area (Å²) >= 11 is 15.2. The zero-order valence-corrected chi connectivity index (χ0v) is 36.4. The van der Waals surface area contributed by atoms with E-state index in [1.54, 1.807) is 0 Å². The number of benzene rings is 4. The first-order chi connectivity index (χ1) is 27.6. The first-order valence-corrected chi connectivity index (χ1v) is 22.8. The minimum Gasteiger partial charge on any atom is -0.354 e. The average molecular weight is 986 g/mol. The fraction of sp³-hybridized carbons (Fsp3) is 0.0833. The van der Waals surface area contributed by atoms with Gasteiger partial charge in [0.15, 0.2) is 0 Å². The molecule has 4 aromatic carbocycles. The molecule has 0 fully saturated rings. The van der Waals surface area contributed by atoms with Gasteiger partial charge in [-0.05, 0) is 93.1 Å². The van der Waals surface area contributed by atoms with Gasteiger partial charge in [-0.15, -0.1) is 0 Å². The molecule has 8 heteroatoms. The molecule has 0 saturated carbocycles. The smallest absolute Gasteiger partial charge is 0.0737 e. The van der Waals surface area contributed by atoms with Gasteiger partial charge >= 0.3 is 0 Å². The third-order valence-electron chi connectivity index (χ3n) is 10.5. The summed E-state index contributed by atoms with van der Waals surface area (Å²) < 4.78 is 0. The van der Waals surface area contributed by atoms with Crippen LogP contribution < -0.4 is 0 Å². The van der Waals surface area contributed by atoms with Crippen molar-refractivity contribution in [3.05, 3.63) is 166 Å². The second-order valence-corrected chi connectivity index (χ2v) is 15.9. The highest BCUT2D eigenvalue weighted by molar-refractivity contribution is 9.09. The molecule has 2 aliphatic heterocycles. The van der Waals surface area contributed by atoms with Gasteiger partial charge in [0.2, 0.25) is 0 Å². The van der Waals surface area contributed by atoms with Crippen LogP contribution in [0.25, 0.3) is 90.9 Å². The minimum atomic E-state index is 0.711. The summed E-state index contributed by atoms with van der Waals surface area (Å²) in [4.78, 5) is 18.8. The first-order valence-electron chi connectivity index (χ1n) is 18.3. The molecule has 2 aliphatic rings. The largest absolute Gasteiger partial charge is 0.354 e. The Balaban J connectivity index is 1.51. The monoisotopic (exact) mass is 982 g/mol. The number of H-pyrrole nitrogens is 2. The normalized spacial score (nSPS) is 12.1. The fourth-order valence-electron chi connectivity index (χ4n) is 7.86. The van der Waals surface area contributed by atoms with E-state index in [0.717, 1.165) is 89.4 Å². The summed E-state index contributed by atoms with van der Waals surface area (Å²) in [7, 11) is 0. The molecule has 0 radical (unpaired) electrons. The molecule has 274 valence electrons. The van der Waals surface area contributed by atoms with Gasteiger partial charge in [0.1, 0.15) is 0 Å². The highest BCUT2D eigenvalue weighted by Gasteiger charge is 2.21. The van der Waals surface area contributed by atoms with Gasteiger partial charge in [-0.3, -0.25) is 0 Å². The Morgan fingerprint density at radius 3 is 0.786 bits per heavy atom. The SMILES string of the molecule is BrCc1ccccc1-c1c2nc(c(-c3ccccc3CBr)c3ccc([nH]3)c(-c3ccccc3CBr)c3nc(c(-c4ccccc4CBr)c4ccc1[nH]4)C=C3)C=C2. The number of aromatic amines is 2. The van der Waals surface area contributed by atoms with Crippen LogP contribution in [0.1, 0.15) is 45.0 Å². The lowest BCUT2D eigenvalue weighted by molar-refractivity contribution is 1.29. The van der Waals surface area contributed by atoms with Gasteiger partial charge in [0, 0.05) is 65.6 Å². The second-order valence-electron chi connectivity index (χ2n) is 13.7. The standard InChI is InChI=1S/C48H34Br4N4/c49-25-29-9-1-5-13-33(29)45-37-17-19-39(53-37)46(34-14-6-2-10-30(34)26-50)41-21-23-43(55-41)48(36-16-8-4-12-32(36)28-52)44-24-22-42(56-44)47(40-20-18-38(45)54-40)35-15-7-3-11-31(35)27-51/h1-24,53,56H,25-28H2. The molecule has 5 heterocycles. The molecule has 0 atom stereocenters. The van der Waals surface area contributed by atoms with Crippen molar-refractivity contribution < 1.29 is 0 Å². The molecule has 4 nitrogen and oxygen atoms in total. The Hall–Kier alpha value is -4.60. The van der Waals surface area contributed by atoms with E-state index in [-0.39, 0.29) is 0 Å². The predicted octanol–water partition coefficient (Wildman–Crippen LogP) is 14.9. The van der Waals surface area contributed by atoms with Gasteiger partial charge in [-0.1, -0.05) is 161 Å². The summed E-state index contributed by atoms with van der Waals surface area (Å²) in [6, 6.07) is 43.0. The maximum Gasteiger partial charge on any atom is 0.0737 e. The highest BCUT2D eigenvalue weighted by atomic mass is 79.9. The summed E-state index contributed by atoms with van der Waals surface area (Å²) in [5.41, 5.74) is 20.9. The van der Waals surface area contributed by atoms with Crippen molar-refractivity contribution in [2.75, 3.05) is 0 Å². The Labute approximate surface area is 359 Å². The average Bonchev–Trinajstić information content (AvgIpc) is 4.10. The van der Waals surface area contributed by atoms with Crippen molar-refractivity contribution in [3.63, 3.8) is 0 Å². The predicted molar refractivity (Wildman–Crippen MR) is 251 cm³/mol. The number of rotatable bonds is 8. The van der Waals surface area contributed by atoms with Crippen molar-refractivity contribution in [1.82, 2.24) is 19.9 Å². The van der Waals surface area contributed by atoms with Crippen molar-refractivity contribution in [2.45, 2.75) is 21.3 Å². The van der Waals surface area contributed by atoms with Crippen LogP contribution in [-0.2, 0) is 21.3 Å². The second kappa shape index (κ2) is 16.1. The summed E-state index contributed by atoms with van der Waals surface area (Å²) in [5.74, 6) is 0. The molecule has 9 rings (SSSR count). The molecule has 8 bridgehead atoms. The number of aromatic nitrogens is 4. The number of hydrogen-bond acceptors (Lipinski definition) is 2. The van der Waals surface area contributed by atoms with Crippen LogP contribution in [0.15, 0.2) is 121 Å². The van der Waals surface area contributed by atoms with Gasteiger partial charge in [-0.25, -0.2) is 9.97 Å². The molecular weight excluding hydrogens is 952 g/mol. The Bertz CT molecular complexity index is 2500. The van der Waals surface area contributed by atoms with Crippen LogP contribution in [0.5, 0.6) is 0 Å². The fourth-order valence-corrected chi connectivity index (χ4v) is 9.82. The van der Waals surface area contributed by atoms with E-state index in [4.69, 9.17) is 9.97 Å². The summed E-state index contributed by atoms with van der Waals surface area (Å²) in [6.07, 6.45) is 8.64. The molecule has 7 aromatic rings. The van der Waals surface area contributed by atoms with E-state index in [1.165, 1.54) is 22.3 Å². The maximum absolute atomic E-state index is 5.51. The van der Waals surface area contributed by atoms with Crippen LogP contribution in [0.2, 0.25) is 0 Å². The highest BCUT2D eigenvalue weighted by Crippen LogP contribution is 2.41. The van der Waals surface area contributed by atoms with Crippen LogP contribution in [0, 0.1) is 0 Å². The van der Waals surface area contributed by atoms with E-state index in [1.807, 2.05) is 0 Å². The third kappa shape index (κ3) is 6.70. The van der Waals surface area contributed by atoms with Crippen molar-refractivity contribution in [2.24, 2.45) is 0 Å². The van der Waals surface area contributed by atoms with Gasteiger partial charge in [0.25, 0.3) is 0 Å². The van der Waals surface area contributed by atoms with E-state index in [0.29, 0.717) is 21.3 Å². The van der Waals surface area contributed by atoms with E-state index < -0.39 is 0 Å². The third-order valence-corrected chi connectivity index (χ3v) is 12.9. The molecule has 0 unspecified atom stereocenters.